The van der Waals surface area contributed by atoms with Gasteiger partial charge in [-0.15, -0.1) is 6.58 Å². The summed E-state index contributed by atoms with van der Waals surface area (Å²) in [5.74, 6) is 1.68. The van der Waals surface area contributed by atoms with Crippen LogP contribution in [-0.4, -0.2) is 19.2 Å². The van der Waals surface area contributed by atoms with Crippen molar-refractivity contribution in [2.24, 2.45) is 0 Å². The fourth-order valence-electron chi connectivity index (χ4n) is 3.32. The summed E-state index contributed by atoms with van der Waals surface area (Å²) in [6, 6.07) is 9.12. The monoisotopic (exact) mass is 287 g/mol. The Morgan fingerprint density at radius 2 is 2.19 bits per heavy atom. The minimum Gasteiger partial charge on any atom is -0.493 e. The van der Waals surface area contributed by atoms with Gasteiger partial charge in [0.15, 0.2) is 0 Å². The van der Waals surface area contributed by atoms with Crippen molar-refractivity contribution < 1.29 is 4.74 Å². The van der Waals surface area contributed by atoms with Crippen LogP contribution in [0.2, 0.25) is 0 Å². The van der Waals surface area contributed by atoms with Gasteiger partial charge in [-0.3, -0.25) is 0 Å². The number of hydrogen-bond acceptors (Lipinski definition) is 2. The normalized spacial score (nSPS) is 18.6. The fraction of sp³-hybridized carbons (Fsp3) is 0.579. The van der Waals surface area contributed by atoms with Crippen molar-refractivity contribution >= 4 is 0 Å². The van der Waals surface area contributed by atoms with Crippen molar-refractivity contribution in [2.75, 3.05) is 13.2 Å². The molecule has 1 aromatic carbocycles. The van der Waals surface area contributed by atoms with Crippen LogP contribution in [-0.2, 0) is 0 Å². The molecular weight excluding hydrogens is 258 g/mol. The highest BCUT2D eigenvalue weighted by molar-refractivity contribution is 5.38. The summed E-state index contributed by atoms with van der Waals surface area (Å²) in [7, 11) is 0. The van der Waals surface area contributed by atoms with Gasteiger partial charge in [0, 0.05) is 12.0 Å². The molecule has 0 amide bonds. The van der Waals surface area contributed by atoms with E-state index in [1.165, 1.54) is 31.2 Å². The maximum atomic E-state index is 5.80. The van der Waals surface area contributed by atoms with Crippen molar-refractivity contribution in [3.63, 3.8) is 0 Å². The average Bonchev–Trinajstić information content (AvgIpc) is 2.53. The highest BCUT2D eigenvalue weighted by atomic mass is 16.5. The second-order valence-electron chi connectivity index (χ2n) is 5.87. The van der Waals surface area contributed by atoms with Crippen molar-refractivity contribution in [3.8, 4) is 5.75 Å². The van der Waals surface area contributed by atoms with Crippen molar-refractivity contribution in [1.29, 1.82) is 0 Å². The standard InChI is InChI=1S/C19H29NO/c1-3-5-6-7-8-12-18(20-4-2)16-14-15-21-19-13-10-9-11-17(16)19/h3,9-11,13,16,18,20H,1,4-8,12,14-15H2,2H3. The van der Waals surface area contributed by atoms with E-state index in [1.54, 1.807) is 0 Å². The molecule has 0 aromatic heterocycles. The number of rotatable bonds is 9. The van der Waals surface area contributed by atoms with E-state index in [9.17, 15) is 0 Å². The molecule has 1 aliphatic rings. The van der Waals surface area contributed by atoms with Crippen molar-refractivity contribution in [1.82, 2.24) is 5.32 Å². The fourth-order valence-corrected chi connectivity index (χ4v) is 3.32. The lowest BCUT2D eigenvalue weighted by Gasteiger charge is -2.33. The lowest BCUT2D eigenvalue weighted by molar-refractivity contribution is 0.240. The van der Waals surface area contributed by atoms with Gasteiger partial charge in [-0.1, -0.05) is 44.0 Å². The van der Waals surface area contributed by atoms with Gasteiger partial charge in [0.1, 0.15) is 5.75 Å². The van der Waals surface area contributed by atoms with Crippen molar-refractivity contribution in [2.45, 2.75) is 57.4 Å². The maximum absolute atomic E-state index is 5.80. The predicted molar refractivity (Wildman–Crippen MR) is 90.0 cm³/mol. The molecule has 0 saturated heterocycles. The van der Waals surface area contributed by atoms with E-state index in [2.05, 4.69) is 43.1 Å². The summed E-state index contributed by atoms with van der Waals surface area (Å²) in [4.78, 5) is 0. The first-order valence-electron chi connectivity index (χ1n) is 8.42. The molecule has 2 unspecified atom stereocenters. The summed E-state index contributed by atoms with van der Waals surface area (Å²) in [5.41, 5.74) is 1.39. The first kappa shape index (κ1) is 16.1. The number of fused-ring (bicyclic) bond motifs is 1. The molecule has 0 spiro atoms. The number of hydrogen-bond donors (Lipinski definition) is 1. The molecule has 0 radical (unpaired) electrons. The van der Waals surface area contributed by atoms with Gasteiger partial charge in [-0.05, 0) is 43.9 Å². The van der Waals surface area contributed by atoms with Crippen molar-refractivity contribution in [3.05, 3.63) is 42.5 Å². The van der Waals surface area contributed by atoms with E-state index in [0.29, 0.717) is 12.0 Å². The number of para-hydroxylation sites is 1. The summed E-state index contributed by atoms with van der Waals surface area (Å²) in [5, 5.41) is 3.71. The largest absolute Gasteiger partial charge is 0.493 e. The Kier molecular flexibility index (Phi) is 6.81. The van der Waals surface area contributed by atoms with Gasteiger partial charge in [0.2, 0.25) is 0 Å². The van der Waals surface area contributed by atoms with E-state index >= 15 is 0 Å². The predicted octanol–water partition coefficient (Wildman–Crippen LogP) is 4.67. The van der Waals surface area contributed by atoms with Gasteiger partial charge in [-0.2, -0.15) is 0 Å². The van der Waals surface area contributed by atoms with Crippen LogP contribution < -0.4 is 10.1 Å². The second kappa shape index (κ2) is 8.89. The van der Waals surface area contributed by atoms with Gasteiger partial charge >= 0.3 is 0 Å². The number of unbranched alkanes of at least 4 members (excludes halogenated alkanes) is 3. The van der Waals surface area contributed by atoms with Crippen LogP contribution in [0.25, 0.3) is 0 Å². The molecule has 2 heteroatoms. The molecule has 0 aliphatic carbocycles. The van der Waals surface area contributed by atoms with Crippen LogP contribution in [0.15, 0.2) is 36.9 Å². The Hall–Kier alpha value is -1.28. The zero-order valence-electron chi connectivity index (χ0n) is 13.3. The zero-order chi connectivity index (χ0) is 14.9. The molecule has 1 N–H and O–H groups in total. The summed E-state index contributed by atoms with van der Waals surface area (Å²) >= 11 is 0. The highest BCUT2D eigenvalue weighted by Crippen LogP contribution is 2.36. The topological polar surface area (TPSA) is 21.3 Å². The molecule has 2 nitrogen and oxygen atoms in total. The van der Waals surface area contributed by atoms with E-state index < -0.39 is 0 Å². The smallest absolute Gasteiger partial charge is 0.122 e. The minimum absolute atomic E-state index is 0.573. The molecule has 0 saturated carbocycles. The van der Waals surface area contributed by atoms with Gasteiger partial charge in [0.05, 0.1) is 6.61 Å². The zero-order valence-corrected chi connectivity index (χ0v) is 13.3. The Morgan fingerprint density at radius 3 is 3.00 bits per heavy atom. The van der Waals surface area contributed by atoms with Gasteiger partial charge in [-0.25, -0.2) is 0 Å². The molecule has 0 bridgehead atoms. The molecule has 116 valence electrons. The van der Waals surface area contributed by atoms with Crippen LogP contribution in [0.3, 0.4) is 0 Å². The molecule has 0 fully saturated rings. The number of ether oxygens (including phenoxy) is 1. The lowest BCUT2D eigenvalue weighted by atomic mass is 9.84. The molecule has 1 aliphatic heterocycles. The Labute approximate surface area is 129 Å². The first-order valence-corrected chi connectivity index (χ1v) is 8.42. The van der Waals surface area contributed by atoms with E-state index in [1.807, 2.05) is 6.08 Å². The summed E-state index contributed by atoms with van der Waals surface area (Å²) in [6.07, 6.45) is 9.42. The van der Waals surface area contributed by atoms with Crippen LogP contribution in [0.5, 0.6) is 5.75 Å². The van der Waals surface area contributed by atoms with Crippen LogP contribution in [0.1, 0.15) is 56.9 Å². The number of nitrogens with one attached hydrogen (secondary N) is 1. The third kappa shape index (κ3) is 4.60. The maximum Gasteiger partial charge on any atom is 0.122 e. The molecule has 2 atom stereocenters. The highest BCUT2D eigenvalue weighted by Gasteiger charge is 2.27. The van der Waals surface area contributed by atoms with Gasteiger partial charge in [0.25, 0.3) is 0 Å². The minimum atomic E-state index is 0.573. The third-order valence-corrected chi connectivity index (χ3v) is 4.38. The molecular formula is C19H29NO. The summed E-state index contributed by atoms with van der Waals surface area (Å²) in [6.45, 7) is 7.89. The Bertz CT molecular complexity index is 429. The van der Waals surface area contributed by atoms with Crippen LogP contribution in [0.4, 0.5) is 0 Å². The second-order valence-corrected chi connectivity index (χ2v) is 5.87. The molecule has 1 aromatic rings. The van der Waals surface area contributed by atoms with E-state index in [-0.39, 0.29) is 0 Å². The lowest BCUT2D eigenvalue weighted by Crippen LogP contribution is -2.37. The molecule has 21 heavy (non-hydrogen) atoms. The number of allylic oxidation sites excluding steroid dienone is 1. The average molecular weight is 287 g/mol. The first-order chi connectivity index (χ1) is 10.4. The summed E-state index contributed by atoms with van der Waals surface area (Å²) < 4.78 is 5.80. The quantitative estimate of drug-likeness (QED) is 0.526. The van der Waals surface area contributed by atoms with Crippen LogP contribution >= 0.6 is 0 Å². The van der Waals surface area contributed by atoms with Crippen LogP contribution in [0, 0.1) is 0 Å². The van der Waals surface area contributed by atoms with Gasteiger partial charge < -0.3 is 10.1 Å². The Morgan fingerprint density at radius 1 is 1.33 bits per heavy atom. The Balaban J connectivity index is 1.96. The third-order valence-electron chi connectivity index (χ3n) is 4.38. The van der Waals surface area contributed by atoms with E-state index in [0.717, 1.165) is 31.7 Å². The van der Waals surface area contributed by atoms with E-state index in [4.69, 9.17) is 4.74 Å². The number of likely N-dealkylation sites (N-methyl/N-ethyl adjacent to an activating group) is 1. The molecule has 1 heterocycles. The number of benzene rings is 1. The molecule has 2 rings (SSSR count). The SMILES string of the molecule is C=CCCCCCC(NCC)C1CCOc2ccccc21.